The molecule has 1 aromatic heterocycles. The van der Waals surface area contributed by atoms with E-state index in [1.54, 1.807) is 4.90 Å². The quantitative estimate of drug-likeness (QED) is 0.253. The molecule has 8 nitrogen and oxygen atoms in total. The summed E-state index contributed by atoms with van der Waals surface area (Å²) in [5.74, 6) is 1.15. The Morgan fingerprint density at radius 2 is 1.93 bits per heavy atom. The number of ether oxygens (including phenoxy) is 1. The molecule has 0 radical (unpaired) electrons. The number of likely N-dealkylation sites (N-methyl/N-ethyl adjacent to an activating group) is 1. The Labute approximate surface area is 239 Å². The summed E-state index contributed by atoms with van der Waals surface area (Å²) < 4.78 is 17.8. The molecule has 1 amide bonds. The second-order valence-corrected chi connectivity index (χ2v) is 17.0. The van der Waals surface area contributed by atoms with Crippen LogP contribution in [0.2, 0.25) is 18.1 Å². The van der Waals surface area contributed by atoms with Gasteiger partial charge in [0.05, 0.1) is 12.1 Å². The minimum absolute atomic E-state index is 0.166. The van der Waals surface area contributed by atoms with Gasteiger partial charge < -0.3 is 18.6 Å². The van der Waals surface area contributed by atoms with E-state index in [1.807, 2.05) is 56.4 Å². The highest BCUT2D eigenvalue weighted by Gasteiger charge is 2.41. The number of hydrogen-bond donors (Lipinski definition) is 0. The Hall–Kier alpha value is -3.01. The summed E-state index contributed by atoms with van der Waals surface area (Å²) in [6.07, 6.45) is 1.51. The Bertz CT molecular complexity index is 1260. The van der Waals surface area contributed by atoms with Crippen LogP contribution in [0.1, 0.15) is 57.2 Å². The predicted molar refractivity (Wildman–Crippen MR) is 159 cm³/mol. The molecule has 216 valence electrons. The number of likely N-dealkylation sites (tertiary alicyclic amines) is 1. The van der Waals surface area contributed by atoms with E-state index >= 15 is 0 Å². The van der Waals surface area contributed by atoms with Gasteiger partial charge in [-0.25, -0.2) is 4.79 Å². The van der Waals surface area contributed by atoms with Crippen LogP contribution in [-0.2, 0) is 22.2 Å². The van der Waals surface area contributed by atoms with Crippen molar-refractivity contribution in [2.75, 3.05) is 26.7 Å². The summed E-state index contributed by atoms with van der Waals surface area (Å²) in [5, 5.41) is 4.32. The highest BCUT2D eigenvalue weighted by Crippen LogP contribution is 2.38. The van der Waals surface area contributed by atoms with Crippen LogP contribution in [0, 0.1) is 0 Å². The second kappa shape index (κ2) is 12.7. The molecule has 9 heteroatoms. The number of amides is 1. The topological polar surface area (TPSA) is 80.9 Å². The Morgan fingerprint density at radius 1 is 1.18 bits per heavy atom. The Morgan fingerprint density at radius 3 is 2.60 bits per heavy atom. The molecule has 1 saturated heterocycles. The number of nitrogens with zero attached hydrogens (tertiary/aromatic N) is 4. The van der Waals surface area contributed by atoms with E-state index in [4.69, 9.17) is 13.7 Å². The van der Waals surface area contributed by atoms with Crippen LogP contribution in [0.3, 0.4) is 0 Å². The first-order chi connectivity index (χ1) is 19.0. The van der Waals surface area contributed by atoms with Crippen molar-refractivity contribution < 1.29 is 18.5 Å². The van der Waals surface area contributed by atoms with E-state index in [2.05, 4.69) is 61.0 Å². The molecule has 3 aromatic rings. The standard InChI is InChI=1S/C31H44N4O4Si/c1-8-28-32-29(33-38-28)25-16-12-15-24(19-25)27(34(5)30(36)37-22-23-13-10-9-11-14-23)21-35-18-17-26(20-35)39-40(6,7)31(2,3)4/h9-16,19,26-27H,8,17-18,20-22H2,1-7H3/t26-,27+/m0/s1. The van der Waals surface area contributed by atoms with Crippen LogP contribution >= 0.6 is 0 Å². The third kappa shape index (κ3) is 7.38. The van der Waals surface area contributed by atoms with E-state index in [0.29, 0.717) is 24.7 Å². The van der Waals surface area contributed by atoms with Crippen molar-refractivity contribution in [2.45, 2.75) is 77.4 Å². The third-order valence-corrected chi connectivity index (χ3v) is 12.7. The smallest absolute Gasteiger partial charge is 0.410 e. The molecule has 4 rings (SSSR count). The molecule has 0 aliphatic carbocycles. The van der Waals surface area contributed by atoms with Crippen molar-refractivity contribution >= 4 is 14.4 Å². The summed E-state index contributed by atoms with van der Waals surface area (Å²) in [4.78, 5) is 21.9. The number of aromatic nitrogens is 2. The molecule has 1 fully saturated rings. The van der Waals surface area contributed by atoms with Crippen molar-refractivity contribution in [3.05, 3.63) is 71.6 Å². The van der Waals surface area contributed by atoms with Gasteiger partial charge in [0.1, 0.15) is 6.61 Å². The molecule has 0 saturated carbocycles. The highest BCUT2D eigenvalue weighted by molar-refractivity contribution is 6.74. The number of hydrogen-bond acceptors (Lipinski definition) is 7. The lowest BCUT2D eigenvalue weighted by molar-refractivity contribution is 0.0819. The van der Waals surface area contributed by atoms with Crippen molar-refractivity contribution in [1.82, 2.24) is 19.9 Å². The second-order valence-electron chi connectivity index (χ2n) is 12.2. The molecule has 2 aromatic carbocycles. The fraction of sp³-hybridized carbons (Fsp3) is 0.516. The third-order valence-electron chi connectivity index (χ3n) is 8.19. The van der Waals surface area contributed by atoms with E-state index < -0.39 is 8.32 Å². The zero-order valence-corrected chi connectivity index (χ0v) is 26.0. The molecule has 0 spiro atoms. The molecule has 0 unspecified atom stereocenters. The summed E-state index contributed by atoms with van der Waals surface area (Å²) in [7, 11) is -0.0529. The van der Waals surface area contributed by atoms with Gasteiger partial charge in [-0.05, 0) is 41.7 Å². The molecule has 1 aliphatic heterocycles. The van der Waals surface area contributed by atoms with Gasteiger partial charge in [0.25, 0.3) is 0 Å². The van der Waals surface area contributed by atoms with Crippen LogP contribution in [0.15, 0.2) is 59.1 Å². The van der Waals surface area contributed by atoms with E-state index in [9.17, 15) is 4.79 Å². The highest BCUT2D eigenvalue weighted by atomic mass is 28.4. The number of benzene rings is 2. The van der Waals surface area contributed by atoms with Crippen LogP contribution < -0.4 is 0 Å². The molecular formula is C31H44N4O4Si. The van der Waals surface area contributed by atoms with E-state index in [1.165, 1.54) is 0 Å². The molecule has 2 heterocycles. The summed E-state index contributed by atoms with van der Waals surface area (Å²) in [6, 6.07) is 17.6. The average Bonchev–Trinajstić information content (AvgIpc) is 3.59. The fourth-order valence-electron chi connectivity index (χ4n) is 4.70. The number of aryl methyl sites for hydroxylation is 1. The fourth-order valence-corrected chi connectivity index (χ4v) is 6.08. The number of rotatable bonds is 10. The maximum Gasteiger partial charge on any atom is 0.410 e. The molecule has 1 aliphatic rings. The Balaban J connectivity index is 1.53. The van der Waals surface area contributed by atoms with Gasteiger partial charge >= 0.3 is 6.09 Å². The molecule has 0 N–H and O–H groups in total. The molecular weight excluding hydrogens is 520 g/mol. The SMILES string of the molecule is CCc1nc(-c2cccc([C@@H](CN3CC[C@H](O[Si](C)(C)C(C)(C)C)C3)N(C)C(=O)OCc3ccccc3)c2)no1. The summed E-state index contributed by atoms with van der Waals surface area (Å²) in [5.41, 5.74) is 2.81. The Kier molecular flexibility index (Phi) is 9.48. The average molecular weight is 565 g/mol. The van der Waals surface area contributed by atoms with Crippen molar-refractivity contribution in [1.29, 1.82) is 0 Å². The lowest BCUT2D eigenvalue weighted by Gasteiger charge is -2.38. The first-order valence-corrected chi connectivity index (χ1v) is 17.1. The van der Waals surface area contributed by atoms with Gasteiger partial charge in [-0.3, -0.25) is 4.90 Å². The monoisotopic (exact) mass is 564 g/mol. The number of carbonyl (C=O) groups excluding carboxylic acids is 1. The van der Waals surface area contributed by atoms with Crippen molar-refractivity contribution in [3.63, 3.8) is 0 Å². The van der Waals surface area contributed by atoms with Crippen molar-refractivity contribution in [2.24, 2.45) is 0 Å². The molecule has 0 bridgehead atoms. The summed E-state index contributed by atoms with van der Waals surface area (Å²) >= 11 is 0. The minimum Gasteiger partial charge on any atom is -0.445 e. The predicted octanol–water partition coefficient (Wildman–Crippen LogP) is 6.70. The lowest BCUT2D eigenvalue weighted by atomic mass is 10.0. The van der Waals surface area contributed by atoms with Crippen molar-refractivity contribution in [3.8, 4) is 11.4 Å². The minimum atomic E-state index is -1.87. The first kappa shape index (κ1) is 30.0. The van der Waals surface area contributed by atoms with Gasteiger partial charge in [0, 0.05) is 38.7 Å². The zero-order chi connectivity index (χ0) is 28.9. The van der Waals surface area contributed by atoms with Crippen LogP contribution in [-0.4, -0.2) is 67.1 Å². The van der Waals surface area contributed by atoms with E-state index in [0.717, 1.165) is 36.2 Å². The number of carbonyl (C=O) groups is 1. The van der Waals surface area contributed by atoms with Crippen LogP contribution in [0.25, 0.3) is 11.4 Å². The van der Waals surface area contributed by atoms with Crippen LogP contribution in [0.5, 0.6) is 0 Å². The van der Waals surface area contributed by atoms with Gasteiger partial charge in [-0.15, -0.1) is 0 Å². The lowest BCUT2D eigenvalue weighted by Crippen LogP contribution is -2.45. The first-order valence-electron chi connectivity index (χ1n) is 14.2. The molecule has 2 atom stereocenters. The van der Waals surface area contributed by atoms with Gasteiger partial charge in [-0.1, -0.05) is 81.4 Å². The van der Waals surface area contributed by atoms with E-state index in [-0.39, 0.29) is 29.9 Å². The largest absolute Gasteiger partial charge is 0.445 e. The van der Waals surface area contributed by atoms with Crippen LogP contribution in [0.4, 0.5) is 4.79 Å². The zero-order valence-electron chi connectivity index (χ0n) is 25.0. The maximum atomic E-state index is 13.3. The maximum absolute atomic E-state index is 13.3. The normalized spacial score (nSPS) is 17.1. The molecule has 40 heavy (non-hydrogen) atoms. The van der Waals surface area contributed by atoms with Gasteiger partial charge in [0.2, 0.25) is 11.7 Å². The summed E-state index contributed by atoms with van der Waals surface area (Å²) in [6.45, 7) is 16.1. The van der Waals surface area contributed by atoms with Gasteiger partial charge in [0.15, 0.2) is 8.32 Å². The van der Waals surface area contributed by atoms with Gasteiger partial charge in [-0.2, -0.15) is 4.98 Å².